The van der Waals surface area contributed by atoms with Gasteiger partial charge in [0.1, 0.15) is 0 Å². The van der Waals surface area contributed by atoms with Crippen molar-refractivity contribution in [1.82, 2.24) is 0 Å². The minimum Gasteiger partial charge on any atom is -0.121 e. The monoisotopic (exact) mass is 436 g/mol. The molecule has 0 aromatic carbocycles. The lowest BCUT2D eigenvalue weighted by Crippen LogP contribution is -1.78. The number of hydrogen-bond acceptors (Lipinski definition) is 1. The van der Waals surface area contributed by atoms with Crippen molar-refractivity contribution in [2.75, 3.05) is 0 Å². The highest BCUT2D eigenvalue weighted by atomic mass is 79.9. The highest BCUT2D eigenvalue weighted by Gasteiger charge is 2.33. The first kappa shape index (κ1) is 10.1. The lowest BCUT2D eigenvalue weighted by Gasteiger charge is -1.99. The van der Waals surface area contributed by atoms with Gasteiger partial charge in [0.25, 0.3) is 0 Å². The molecule has 1 aromatic rings. The minimum absolute atomic E-state index is 0.494. The maximum absolute atomic E-state index is 3.67. The van der Waals surface area contributed by atoms with E-state index in [2.05, 4.69) is 63.7 Å². The molecule has 2 atom stereocenters. The van der Waals surface area contributed by atoms with Crippen LogP contribution in [0.25, 0.3) is 0 Å². The maximum atomic E-state index is 3.67. The molecule has 0 saturated carbocycles. The van der Waals surface area contributed by atoms with Crippen LogP contribution in [0.15, 0.2) is 7.57 Å². The Morgan fingerprint density at radius 2 is 1.42 bits per heavy atom. The molecule has 1 aromatic heterocycles. The first-order valence-corrected chi connectivity index (χ1v) is 7.60. The molecule has 0 nitrogen and oxygen atoms in total. The predicted molar refractivity (Wildman–Crippen MR) is 67.7 cm³/mol. The van der Waals surface area contributed by atoms with Gasteiger partial charge in [-0.05, 0) is 49.4 Å². The molecule has 0 radical (unpaired) electrons. The van der Waals surface area contributed by atoms with E-state index < -0.39 is 0 Å². The smallest absolute Gasteiger partial charge is 0.0757 e. The van der Waals surface area contributed by atoms with E-state index in [1.54, 1.807) is 11.3 Å². The van der Waals surface area contributed by atoms with Gasteiger partial charge in [0.05, 0.1) is 7.57 Å². The van der Waals surface area contributed by atoms with Gasteiger partial charge in [-0.1, -0.05) is 31.9 Å². The second-order valence-corrected chi connectivity index (χ2v) is 8.51. The number of alkyl halides is 2. The maximum Gasteiger partial charge on any atom is 0.0757 e. The van der Waals surface area contributed by atoms with Crippen LogP contribution >= 0.6 is 75.1 Å². The summed E-state index contributed by atoms with van der Waals surface area (Å²) in [5, 5.41) is 0. The van der Waals surface area contributed by atoms with E-state index in [0.717, 1.165) is 6.42 Å². The van der Waals surface area contributed by atoms with Gasteiger partial charge >= 0.3 is 0 Å². The fourth-order valence-corrected chi connectivity index (χ4v) is 8.00. The Morgan fingerprint density at radius 3 is 1.83 bits per heavy atom. The van der Waals surface area contributed by atoms with Crippen LogP contribution in [0.4, 0.5) is 0 Å². The van der Waals surface area contributed by atoms with Gasteiger partial charge in [-0.3, -0.25) is 0 Å². The van der Waals surface area contributed by atoms with Crippen LogP contribution < -0.4 is 0 Å². The lowest BCUT2D eigenvalue weighted by atomic mass is 10.2. The van der Waals surface area contributed by atoms with E-state index in [0.29, 0.717) is 9.65 Å². The SMILES string of the molecule is Brc1sc(Br)c2c1[C@H](Br)C[C@H]2Br. The highest BCUT2D eigenvalue weighted by molar-refractivity contribution is 9.12. The molecule has 0 unspecified atom stereocenters. The quantitative estimate of drug-likeness (QED) is 0.465. The number of fused-ring (bicyclic) bond motifs is 1. The number of rotatable bonds is 0. The van der Waals surface area contributed by atoms with Crippen molar-refractivity contribution in [2.45, 2.75) is 16.1 Å². The van der Waals surface area contributed by atoms with Crippen molar-refractivity contribution >= 4 is 75.1 Å². The van der Waals surface area contributed by atoms with E-state index >= 15 is 0 Å². The molecular weight excluding hydrogens is 436 g/mol. The third-order valence-corrected chi connectivity index (χ3v) is 6.22. The highest BCUT2D eigenvalue weighted by Crippen LogP contribution is 2.56. The summed E-state index contributed by atoms with van der Waals surface area (Å²) in [4.78, 5) is 0.989. The second-order valence-electron chi connectivity index (χ2n) is 2.65. The van der Waals surface area contributed by atoms with E-state index in [-0.39, 0.29) is 0 Å². The Bertz CT molecular complexity index is 291. The first-order chi connectivity index (χ1) is 5.61. The average Bonchev–Trinajstić information content (AvgIpc) is 2.38. The Labute approximate surface area is 109 Å². The third-order valence-electron chi connectivity index (χ3n) is 1.93. The molecule has 0 fully saturated rings. The molecule has 0 bridgehead atoms. The fourth-order valence-electron chi connectivity index (χ4n) is 1.40. The molecule has 0 spiro atoms. The molecule has 0 N–H and O–H groups in total. The zero-order valence-corrected chi connectivity index (χ0v) is 12.9. The predicted octanol–water partition coefficient (Wildman–Crippen LogP) is 5.55. The van der Waals surface area contributed by atoms with Crippen LogP contribution in [0.5, 0.6) is 0 Å². The van der Waals surface area contributed by atoms with Gasteiger partial charge < -0.3 is 0 Å². The van der Waals surface area contributed by atoms with E-state index in [4.69, 9.17) is 0 Å². The molecule has 66 valence electrons. The van der Waals surface area contributed by atoms with Gasteiger partial charge in [-0.15, -0.1) is 11.3 Å². The zero-order chi connectivity index (χ0) is 8.88. The number of halogens is 4. The zero-order valence-electron chi connectivity index (χ0n) is 5.78. The summed E-state index contributed by atoms with van der Waals surface area (Å²) in [6.45, 7) is 0. The van der Waals surface area contributed by atoms with Crippen molar-refractivity contribution in [1.29, 1.82) is 0 Å². The van der Waals surface area contributed by atoms with Crippen molar-refractivity contribution < 1.29 is 0 Å². The molecule has 1 aliphatic rings. The Morgan fingerprint density at radius 1 is 1.00 bits per heavy atom. The molecule has 0 aliphatic heterocycles. The minimum atomic E-state index is 0.494. The third kappa shape index (κ3) is 1.49. The lowest BCUT2D eigenvalue weighted by molar-refractivity contribution is 0.893. The van der Waals surface area contributed by atoms with E-state index in [1.165, 1.54) is 18.7 Å². The summed E-state index contributed by atoms with van der Waals surface area (Å²) in [6.07, 6.45) is 1.13. The van der Waals surface area contributed by atoms with Gasteiger partial charge in [-0.25, -0.2) is 0 Å². The Hall–Kier alpha value is 1.62. The summed E-state index contributed by atoms with van der Waals surface area (Å²) in [7, 11) is 0. The summed E-state index contributed by atoms with van der Waals surface area (Å²) < 4.78 is 2.49. The summed E-state index contributed by atoms with van der Waals surface area (Å²) in [5.74, 6) is 0. The molecule has 0 saturated heterocycles. The Kier molecular flexibility index (Phi) is 3.08. The van der Waals surface area contributed by atoms with Crippen LogP contribution in [-0.4, -0.2) is 0 Å². The van der Waals surface area contributed by atoms with Crippen molar-refractivity contribution in [3.63, 3.8) is 0 Å². The molecule has 5 heteroatoms. The largest absolute Gasteiger partial charge is 0.121 e. The van der Waals surface area contributed by atoms with Crippen LogP contribution in [-0.2, 0) is 0 Å². The van der Waals surface area contributed by atoms with Gasteiger partial charge in [-0.2, -0.15) is 0 Å². The van der Waals surface area contributed by atoms with Crippen LogP contribution in [0.3, 0.4) is 0 Å². The fraction of sp³-hybridized carbons (Fsp3) is 0.429. The summed E-state index contributed by atoms with van der Waals surface area (Å²) >= 11 is 16.2. The van der Waals surface area contributed by atoms with Gasteiger partial charge in [0.15, 0.2) is 0 Å². The molecular formula is C7H4Br4S. The van der Waals surface area contributed by atoms with E-state index in [9.17, 15) is 0 Å². The van der Waals surface area contributed by atoms with E-state index in [1.807, 2.05) is 0 Å². The average molecular weight is 440 g/mol. The van der Waals surface area contributed by atoms with Gasteiger partial charge in [0, 0.05) is 9.65 Å². The second kappa shape index (κ2) is 3.65. The molecule has 12 heavy (non-hydrogen) atoms. The molecule has 1 heterocycles. The van der Waals surface area contributed by atoms with Crippen LogP contribution in [0.1, 0.15) is 27.2 Å². The topological polar surface area (TPSA) is 0 Å². The Balaban J connectivity index is 2.62. The normalized spacial score (nSPS) is 27.7. The number of thiophene rings is 1. The van der Waals surface area contributed by atoms with Crippen molar-refractivity contribution in [3.05, 3.63) is 18.7 Å². The van der Waals surface area contributed by atoms with Crippen molar-refractivity contribution in [3.8, 4) is 0 Å². The van der Waals surface area contributed by atoms with Crippen molar-refractivity contribution in [2.24, 2.45) is 0 Å². The molecule has 0 amide bonds. The summed E-state index contributed by atoms with van der Waals surface area (Å²) in [5.41, 5.74) is 2.82. The standard InChI is InChI=1S/C7H4Br4S/c8-2-1-3(9)5-4(2)6(10)12-7(5)11/h2-3H,1H2/t2-,3-/m1/s1. The molecule has 2 rings (SSSR count). The first-order valence-electron chi connectivity index (χ1n) is 3.37. The molecule has 1 aliphatic carbocycles. The summed E-state index contributed by atoms with van der Waals surface area (Å²) in [6, 6.07) is 0. The van der Waals surface area contributed by atoms with Gasteiger partial charge in [0.2, 0.25) is 0 Å². The number of hydrogen-bond donors (Lipinski definition) is 0. The van der Waals surface area contributed by atoms with Crippen LogP contribution in [0.2, 0.25) is 0 Å². The van der Waals surface area contributed by atoms with Crippen LogP contribution in [0, 0.1) is 0 Å².